The molecule has 0 aromatic carbocycles. The molecule has 0 fully saturated rings. The standard InChI is InChI=1S/C54H108N2O4/c1-7-11-15-19-25-33-41-51(39-31-17-13-9-3)49-59-53(57)43-35-27-22-21-23-29-37-45-56(48-47-55(5)6)46-38-30-24-28-36-44-54(58)60-50-52(40-32-18-14-10-4)42-34-26-20-16-12-8-2/h51-52H,7-50H2,1-6H3. The molecule has 0 radical (unpaired) electrons. The molecule has 0 aromatic heterocycles. The molecule has 0 aromatic rings. The van der Waals surface area contributed by atoms with Gasteiger partial charge in [-0.15, -0.1) is 0 Å². The van der Waals surface area contributed by atoms with E-state index in [0.717, 1.165) is 38.8 Å². The van der Waals surface area contributed by atoms with Crippen molar-refractivity contribution in [2.45, 2.75) is 272 Å². The van der Waals surface area contributed by atoms with Gasteiger partial charge >= 0.3 is 11.9 Å². The van der Waals surface area contributed by atoms with E-state index >= 15 is 0 Å². The second-order valence-electron chi connectivity index (χ2n) is 19.3. The SMILES string of the molecule is CCCCCCCCC(CCCCCC)COC(=O)CCCCCCCCCN(CCCCCCCC(=O)OCC(CCCCCC)CCCCCCCC)CCN(C)C. The van der Waals surface area contributed by atoms with Crippen molar-refractivity contribution in [1.82, 2.24) is 9.80 Å². The number of hydrogen-bond acceptors (Lipinski definition) is 6. The monoisotopic (exact) mass is 849 g/mol. The van der Waals surface area contributed by atoms with Gasteiger partial charge in [-0.3, -0.25) is 9.59 Å². The Hall–Kier alpha value is -1.14. The highest BCUT2D eigenvalue weighted by Gasteiger charge is 2.14. The van der Waals surface area contributed by atoms with E-state index in [0.29, 0.717) is 37.9 Å². The quantitative estimate of drug-likeness (QED) is 0.0449. The van der Waals surface area contributed by atoms with Gasteiger partial charge in [0, 0.05) is 25.9 Å². The second-order valence-corrected chi connectivity index (χ2v) is 19.3. The van der Waals surface area contributed by atoms with Gasteiger partial charge in [-0.05, 0) is 90.4 Å². The van der Waals surface area contributed by atoms with Crippen LogP contribution in [0.25, 0.3) is 0 Å². The van der Waals surface area contributed by atoms with Gasteiger partial charge in [0.2, 0.25) is 0 Å². The van der Waals surface area contributed by atoms with Crippen molar-refractivity contribution in [3.63, 3.8) is 0 Å². The van der Waals surface area contributed by atoms with Gasteiger partial charge in [-0.2, -0.15) is 0 Å². The molecule has 0 aliphatic carbocycles. The Morgan fingerprint density at radius 3 is 0.967 bits per heavy atom. The lowest BCUT2D eigenvalue weighted by molar-refractivity contribution is -0.146. The Labute approximate surface area is 376 Å². The fraction of sp³-hybridized carbons (Fsp3) is 0.963. The summed E-state index contributed by atoms with van der Waals surface area (Å²) in [5.74, 6) is 1.16. The maximum atomic E-state index is 12.6. The first kappa shape index (κ1) is 58.9. The van der Waals surface area contributed by atoms with Gasteiger partial charge in [-0.25, -0.2) is 0 Å². The first-order chi connectivity index (χ1) is 29.4. The minimum atomic E-state index is 0.0250. The summed E-state index contributed by atoms with van der Waals surface area (Å²) in [6.07, 6.45) is 46.7. The molecule has 358 valence electrons. The molecule has 0 N–H and O–H groups in total. The van der Waals surface area contributed by atoms with Crippen molar-refractivity contribution in [3.05, 3.63) is 0 Å². The van der Waals surface area contributed by atoms with Crippen molar-refractivity contribution in [2.24, 2.45) is 11.8 Å². The Morgan fingerprint density at radius 2 is 0.633 bits per heavy atom. The zero-order chi connectivity index (χ0) is 44.0. The molecule has 6 nitrogen and oxygen atoms in total. The minimum absolute atomic E-state index is 0.0250. The highest BCUT2D eigenvalue weighted by atomic mass is 16.5. The number of ether oxygens (including phenoxy) is 2. The number of nitrogens with zero attached hydrogens (tertiary/aromatic N) is 2. The number of rotatable bonds is 49. The van der Waals surface area contributed by atoms with E-state index in [1.54, 1.807) is 0 Å². The van der Waals surface area contributed by atoms with Crippen LogP contribution in [0.2, 0.25) is 0 Å². The van der Waals surface area contributed by atoms with E-state index in [1.807, 2.05) is 0 Å². The number of carbonyl (C=O) groups excluding carboxylic acids is 2. The van der Waals surface area contributed by atoms with Crippen LogP contribution in [-0.4, -0.2) is 75.2 Å². The average molecular weight is 849 g/mol. The van der Waals surface area contributed by atoms with E-state index in [1.165, 1.54) is 219 Å². The summed E-state index contributed by atoms with van der Waals surface area (Å²) in [6.45, 7) is 15.0. The van der Waals surface area contributed by atoms with E-state index in [-0.39, 0.29) is 11.9 Å². The average Bonchev–Trinajstić information content (AvgIpc) is 3.24. The first-order valence-electron chi connectivity index (χ1n) is 27.0. The fourth-order valence-electron chi connectivity index (χ4n) is 8.63. The molecular formula is C54H108N2O4. The summed E-state index contributed by atoms with van der Waals surface area (Å²) in [6, 6.07) is 0. The summed E-state index contributed by atoms with van der Waals surface area (Å²) in [4.78, 5) is 30.1. The number of hydrogen-bond donors (Lipinski definition) is 0. The third kappa shape index (κ3) is 43.5. The van der Waals surface area contributed by atoms with Crippen LogP contribution < -0.4 is 0 Å². The molecule has 0 heterocycles. The van der Waals surface area contributed by atoms with Crippen LogP contribution in [0, 0.1) is 11.8 Å². The Kier molecular flexibility index (Phi) is 46.4. The van der Waals surface area contributed by atoms with Crippen LogP contribution in [0.4, 0.5) is 0 Å². The molecule has 0 aliphatic rings. The molecule has 60 heavy (non-hydrogen) atoms. The van der Waals surface area contributed by atoms with Crippen molar-refractivity contribution in [3.8, 4) is 0 Å². The van der Waals surface area contributed by atoms with Crippen molar-refractivity contribution in [2.75, 3.05) is 53.5 Å². The van der Waals surface area contributed by atoms with Gasteiger partial charge in [0.05, 0.1) is 13.2 Å². The summed E-state index contributed by atoms with van der Waals surface area (Å²) in [7, 11) is 4.35. The molecule has 2 atom stereocenters. The lowest BCUT2D eigenvalue weighted by Crippen LogP contribution is -2.33. The summed E-state index contributed by atoms with van der Waals surface area (Å²) < 4.78 is 11.6. The number of carbonyl (C=O) groups is 2. The first-order valence-corrected chi connectivity index (χ1v) is 27.0. The lowest BCUT2D eigenvalue weighted by atomic mass is 9.95. The summed E-state index contributed by atoms with van der Waals surface area (Å²) in [5, 5.41) is 0. The molecule has 0 bridgehead atoms. The van der Waals surface area contributed by atoms with Crippen molar-refractivity contribution in [1.29, 1.82) is 0 Å². The van der Waals surface area contributed by atoms with Crippen LogP contribution >= 0.6 is 0 Å². The molecule has 0 spiro atoms. The molecule has 0 amide bonds. The maximum absolute atomic E-state index is 12.6. The van der Waals surface area contributed by atoms with E-state index in [4.69, 9.17) is 9.47 Å². The predicted molar refractivity (Wildman–Crippen MR) is 262 cm³/mol. The molecule has 0 saturated carbocycles. The summed E-state index contributed by atoms with van der Waals surface area (Å²) >= 11 is 0. The van der Waals surface area contributed by atoms with Crippen LogP contribution in [-0.2, 0) is 19.1 Å². The molecule has 2 unspecified atom stereocenters. The minimum Gasteiger partial charge on any atom is -0.465 e. The maximum Gasteiger partial charge on any atom is 0.305 e. The van der Waals surface area contributed by atoms with Gasteiger partial charge in [-0.1, -0.05) is 207 Å². The largest absolute Gasteiger partial charge is 0.465 e. The number of unbranched alkanes of at least 4 members (excludes halogenated alkanes) is 26. The Balaban J connectivity index is 4.16. The Morgan fingerprint density at radius 1 is 0.350 bits per heavy atom. The third-order valence-corrected chi connectivity index (χ3v) is 12.9. The molecular weight excluding hydrogens is 741 g/mol. The van der Waals surface area contributed by atoms with E-state index in [9.17, 15) is 9.59 Å². The topological polar surface area (TPSA) is 59.1 Å². The third-order valence-electron chi connectivity index (χ3n) is 12.9. The van der Waals surface area contributed by atoms with Crippen molar-refractivity contribution >= 4 is 11.9 Å². The van der Waals surface area contributed by atoms with E-state index < -0.39 is 0 Å². The van der Waals surface area contributed by atoms with Crippen molar-refractivity contribution < 1.29 is 19.1 Å². The zero-order valence-electron chi connectivity index (χ0n) is 41.8. The molecule has 0 aliphatic heterocycles. The summed E-state index contributed by atoms with van der Waals surface area (Å²) in [5.41, 5.74) is 0. The molecule has 0 saturated heterocycles. The van der Waals surface area contributed by atoms with Gasteiger partial charge in [0.15, 0.2) is 0 Å². The zero-order valence-corrected chi connectivity index (χ0v) is 41.8. The normalized spacial score (nSPS) is 12.7. The predicted octanol–water partition coefficient (Wildman–Crippen LogP) is 16.1. The lowest BCUT2D eigenvalue weighted by Gasteiger charge is -2.24. The van der Waals surface area contributed by atoms with Crippen LogP contribution in [0.3, 0.4) is 0 Å². The fourth-order valence-corrected chi connectivity index (χ4v) is 8.63. The van der Waals surface area contributed by atoms with E-state index in [2.05, 4.69) is 51.6 Å². The molecule has 6 heteroatoms. The molecule has 0 rings (SSSR count). The highest BCUT2D eigenvalue weighted by Crippen LogP contribution is 2.22. The number of esters is 2. The number of likely N-dealkylation sites (N-methyl/N-ethyl adjacent to an activating group) is 1. The van der Waals surface area contributed by atoms with Crippen LogP contribution in [0.15, 0.2) is 0 Å². The van der Waals surface area contributed by atoms with Gasteiger partial charge < -0.3 is 19.3 Å². The second kappa shape index (κ2) is 47.3. The highest BCUT2D eigenvalue weighted by molar-refractivity contribution is 5.69. The van der Waals surface area contributed by atoms with Gasteiger partial charge in [0.1, 0.15) is 0 Å². The van der Waals surface area contributed by atoms with Crippen LogP contribution in [0.5, 0.6) is 0 Å². The Bertz CT molecular complexity index is 882. The smallest absolute Gasteiger partial charge is 0.305 e. The van der Waals surface area contributed by atoms with Crippen LogP contribution in [0.1, 0.15) is 272 Å². The van der Waals surface area contributed by atoms with Gasteiger partial charge in [0.25, 0.3) is 0 Å².